The molecule has 1 aliphatic rings. The van der Waals surface area contributed by atoms with Gasteiger partial charge in [-0.25, -0.2) is 5.10 Å². The molecule has 1 aromatic carbocycles. The molecule has 0 fully saturated rings. The summed E-state index contributed by atoms with van der Waals surface area (Å²) in [6, 6.07) is 5.24. The molecule has 0 saturated carbocycles. The molecule has 2 aromatic rings. The van der Waals surface area contributed by atoms with Crippen LogP contribution in [0.15, 0.2) is 23.4 Å². The Bertz CT molecular complexity index is 675. The van der Waals surface area contributed by atoms with Crippen molar-refractivity contribution in [3.63, 3.8) is 0 Å². The summed E-state index contributed by atoms with van der Waals surface area (Å²) < 4.78 is 10.5. The van der Waals surface area contributed by atoms with Crippen molar-refractivity contribution < 1.29 is 14.3 Å². The van der Waals surface area contributed by atoms with Crippen molar-refractivity contribution in [2.45, 2.75) is 17.3 Å². The molecule has 1 aromatic heterocycles. The molecule has 0 saturated heterocycles. The van der Waals surface area contributed by atoms with Crippen molar-refractivity contribution in [2.75, 3.05) is 17.8 Å². The molecule has 4 N–H and O–H groups in total. The van der Waals surface area contributed by atoms with Crippen LogP contribution in [0, 0.1) is 0 Å². The Kier molecular flexibility index (Phi) is 3.57. The van der Waals surface area contributed by atoms with E-state index in [2.05, 4.69) is 20.5 Å². The standard InChI is InChI=1S/C12H13N5O3S/c1-6(21-12-15-11(13)16-17-12)10(18)14-7-2-3-8-9(4-7)20-5-19-8/h2-4,6H,5H2,1H3,(H,14,18)(H3,13,15,16,17). The average Bonchev–Trinajstić information content (AvgIpc) is 3.07. The zero-order valence-electron chi connectivity index (χ0n) is 11.1. The number of amides is 1. The molecule has 1 aliphatic heterocycles. The van der Waals surface area contributed by atoms with Crippen LogP contribution >= 0.6 is 11.8 Å². The van der Waals surface area contributed by atoms with Gasteiger partial charge in [-0.05, 0) is 19.1 Å². The van der Waals surface area contributed by atoms with Gasteiger partial charge in [0.1, 0.15) is 0 Å². The second-order valence-electron chi connectivity index (χ2n) is 4.32. The van der Waals surface area contributed by atoms with Gasteiger partial charge >= 0.3 is 0 Å². The number of H-pyrrole nitrogens is 1. The molecule has 9 heteroatoms. The van der Waals surface area contributed by atoms with Gasteiger partial charge in [-0.15, -0.1) is 5.10 Å². The Morgan fingerprint density at radius 3 is 3.05 bits per heavy atom. The van der Waals surface area contributed by atoms with Gasteiger partial charge in [-0.1, -0.05) is 11.8 Å². The first-order valence-corrected chi connectivity index (χ1v) is 7.05. The highest BCUT2D eigenvalue weighted by Crippen LogP contribution is 2.34. The molecule has 0 aliphatic carbocycles. The van der Waals surface area contributed by atoms with Gasteiger partial charge in [-0.2, -0.15) is 4.98 Å². The predicted molar refractivity (Wildman–Crippen MR) is 77.3 cm³/mol. The summed E-state index contributed by atoms with van der Waals surface area (Å²) in [7, 11) is 0. The molecule has 0 bridgehead atoms. The molecular weight excluding hydrogens is 294 g/mol. The number of hydrogen-bond donors (Lipinski definition) is 3. The lowest BCUT2D eigenvalue weighted by molar-refractivity contribution is -0.115. The summed E-state index contributed by atoms with van der Waals surface area (Å²) in [5.41, 5.74) is 6.08. The van der Waals surface area contributed by atoms with E-state index in [4.69, 9.17) is 15.2 Å². The summed E-state index contributed by atoms with van der Waals surface area (Å²) in [5, 5.41) is 9.27. The van der Waals surface area contributed by atoms with E-state index in [1.807, 2.05) is 0 Å². The maximum atomic E-state index is 12.1. The van der Waals surface area contributed by atoms with E-state index in [1.54, 1.807) is 25.1 Å². The lowest BCUT2D eigenvalue weighted by atomic mass is 10.2. The lowest BCUT2D eigenvalue weighted by Gasteiger charge is -2.10. The zero-order chi connectivity index (χ0) is 14.8. The second kappa shape index (κ2) is 5.52. The smallest absolute Gasteiger partial charge is 0.237 e. The largest absolute Gasteiger partial charge is 0.454 e. The number of rotatable bonds is 4. The van der Waals surface area contributed by atoms with Gasteiger partial charge < -0.3 is 20.5 Å². The SMILES string of the molecule is CC(Sc1n[nH]c(N)n1)C(=O)Nc1ccc2c(c1)OCO2. The monoisotopic (exact) mass is 307 g/mol. The van der Waals surface area contributed by atoms with E-state index in [0.29, 0.717) is 22.3 Å². The number of nitrogens with one attached hydrogen (secondary N) is 2. The molecule has 2 heterocycles. The molecule has 21 heavy (non-hydrogen) atoms. The topological polar surface area (TPSA) is 115 Å². The Morgan fingerprint density at radius 2 is 2.29 bits per heavy atom. The van der Waals surface area contributed by atoms with Crippen LogP contribution in [0.5, 0.6) is 11.5 Å². The Hall–Kier alpha value is -2.42. The number of nitrogens with zero attached hydrogens (tertiary/aromatic N) is 2. The van der Waals surface area contributed by atoms with E-state index in [-0.39, 0.29) is 23.9 Å². The number of anilines is 2. The summed E-state index contributed by atoms with van der Waals surface area (Å²) in [4.78, 5) is 16.1. The van der Waals surface area contributed by atoms with Gasteiger partial charge in [0.2, 0.25) is 23.8 Å². The van der Waals surface area contributed by atoms with E-state index in [9.17, 15) is 4.79 Å². The van der Waals surface area contributed by atoms with Crippen molar-refractivity contribution in [2.24, 2.45) is 0 Å². The molecule has 1 unspecified atom stereocenters. The number of nitrogen functional groups attached to an aromatic ring is 1. The van der Waals surface area contributed by atoms with Crippen molar-refractivity contribution in [3.8, 4) is 11.5 Å². The third-order valence-corrected chi connectivity index (χ3v) is 3.73. The second-order valence-corrected chi connectivity index (χ2v) is 5.63. The van der Waals surface area contributed by atoms with Gasteiger partial charge in [0.15, 0.2) is 11.5 Å². The van der Waals surface area contributed by atoms with Crippen LogP contribution in [0.4, 0.5) is 11.6 Å². The van der Waals surface area contributed by atoms with Crippen LogP contribution in [-0.2, 0) is 4.79 Å². The third kappa shape index (κ3) is 3.02. The van der Waals surface area contributed by atoms with Gasteiger partial charge in [0, 0.05) is 11.8 Å². The highest BCUT2D eigenvalue weighted by atomic mass is 32.2. The number of aromatic amines is 1. The number of aromatic nitrogens is 3. The van der Waals surface area contributed by atoms with Crippen LogP contribution in [-0.4, -0.2) is 33.1 Å². The number of fused-ring (bicyclic) bond motifs is 1. The van der Waals surface area contributed by atoms with Crippen LogP contribution in [0.25, 0.3) is 0 Å². The first-order chi connectivity index (χ1) is 10.1. The Labute approximate surface area is 124 Å². The lowest BCUT2D eigenvalue weighted by Crippen LogP contribution is -2.22. The Morgan fingerprint density at radius 1 is 1.48 bits per heavy atom. The number of ether oxygens (including phenoxy) is 2. The quantitative estimate of drug-likeness (QED) is 0.728. The molecule has 0 radical (unpaired) electrons. The van der Waals surface area contributed by atoms with Crippen molar-refractivity contribution >= 4 is 29.3 Å². The van der Waals surface area contributed by atoms with Gasteiger partial charge in [0.05, 0.1) is 5.25 Å². The maximum Gasteiger partial charge on any atom is 0.237 e. The summed E-state index contributed by atoms with van der Waals surface area (Å²) in [6.45, 7) is 1.96. The molecule has 110 valence electrons. The van der Waals surface area contributed by atoms with Crippen molar-refractivity contribution in [1.82, 2.24) is 15.2 Å². The Balaban J connectivity index is 1.63. The van der Waals surface area contributed by atoms with E-state index in [0.717, 1.165) is 0 Å². The molecular formula is C12H13N5O3S. The minimum atomic E-state index is -0.370. The maximum absolute atomic E-state index is 12.1. The molecule has 1 atom stereocenters. The fourth-order valence-electron chi connectivity index (χ4n) is 1.74. The molecule has 8 nitrogen and oxygen atoms in total. The predicted octanol–water partition coefficient (Wildman–Crippen LogP) is 1.23. The number of carbonyl (C=O) groups is 1. The van der Waals surface area contributed by atoms with Crippen LogP contribution in [0.2, 0.25) is 0 Å². The first-order valence-electron chi connectivity index (χ1n) is 6.17. The minimum Gasteiger partial charge on any atom is -0.454 e. The van der Waals surface area contributed by atoms with Crippen molar-refractivity contribution in [3.05, 3.63) is 18.2 Å². The highest BCUT2D eigenvalue weighted by Gasteiger charge is 2.19. The summed E-state index contributed by atoms with van der Waals surface area (Å²) in [6.07, 6.45) is 0. The van der Waals surface area contributed by atoms with Crippen molar-refractivity contribution in [1.29, 1.82) is 0 Å². The zero-order valence-corrected chi connectivity index (χ0v) is 11.9. The summed E-state index contributed by atoms with van der Waals surface area (Å²) >= 11 is 1.22. The first kappa shape index (κ1) is 13.6. The van der Waals surface area contributed by atoms with Crippen LogP contribution in [0.1, 0.15) is 6.92 Å². The van der Waals surface area contributed by atoms with Gasteiger partial charge in [0.25, 0.3) is 0 Å². The van der Waals surface area contributed by atoms with Gasteiger partial charge in [-0.3, -0.25) is 4.79 Å². The fraction of sp³-hybridized carbons (Fsp3) is 0.250. The molecule has 0 spiro atoms. The normalized spacial score (nSPS) is 14.0. The third-order valence-electron chi connectivity index (χ3n) is 2.77. The van der Waals surface area contributed by atoms with Crippen LogP contribution < -0.4 is 20.5 Å². The summed E-state index contributed by atoms with van der Waals surface area (Å²) in [5.74, 6) is 1.35. The van der Waals surface area contributed by atoms with E-state index in [1.165, 1.54) is 11.8 Å². The fourth-order valence-corrected chi connectivity index (χ4v) is 2.47. The number of benzene rings is 1. The number of nitrogens with two attached hydrogens (primary N) is 1. The molecule has 3 rings (SSSR count). The van der Waals surface area contributed by atoms with E-state index >= 15 is 0 Å². The number of thioether (sulfide) groups is 1. The highest BCUT2D eigenvalue weighted by molar-refractivity contribution is 8.00. The molecule has 1 amide bonds. The number of carbonyl (C=O) groups excluding carboxylic acids is 1. The minimum absolute atomic E-state index is 0.165. The number of hydrogen-bond acceptors (Lipinski definition) is 7. The van der Waals surface area contributed by atoms with E-state index < -0.39 is 0 Å². The average molecular weight is 307 g/mol. The van der Waals surface area contributed by atoms with Crippen LogP contribution in [0.3, 0.4) is 0 Å².